The molecule has 0 spiro atoms. The number of para-hydroxylation sites is 1. The van der Waals surface area contributed by atoms with Gasteiger partial charge < -0.3 is 10.6 Å². The van der Waals surface area contributed by atoms with E-state index < -0.39 is 0 Å². The second-order valence-electron chi connectivity index (χ2n) is 5.67. The summed E-state index contributed by atoms with van der Waals surface area (Å²) in [5, 5.41) is 0. The molecule has 3 heteroatoms. The summed E-state index contributed by atoms with van der Waals surface area (Å²) in [4.78, 5) is 14.4. The molecule has 0 aromatic heterocycles. The average Bonchev–Trinajstić information content (AvgIpc) is 2.99. The van der Waals surface area contributed by atoms with Gasteiger partial charge in [-0.25, -0.2) is 0 Å². The van der Waals surface area contributed by atoms with E-state index in [4.69, 9.17) is 5.73 Å². The molecule has 1 aromatic rings. The molecule has 0 heterocycles. The third-order valence-corrected chi connectivity index (χ3v) is 4.74. The highest BCUT2D eigenvalue weighted by Crippen LogP contribution is 2.48. The van der Waals surface area contributed by atoms with Gasteiger partial charge in [0.2, 0.25) is 5.91 Å². The molecule has 2 aliphatic rings. The first-order valence-corrected chi connectivity index (χ1v) is 6.76. The standard InChI is InChI=1S/C15H20N2O/c1-17(12-5-3-2-4-6-12)15(18)13-10-7-8-11(9-10)14(13)16/h2-6,10-11,13-14H,7-9,16H2,1H3. The van der Waals surface area contributed by atoms with Crippen molar-refractivity contribution in [1.82, 2.24) is 0 Å². The molecule has 18 heavy (non-hydrogen) atoms. The summed E-state index contributed by atoms with van der Waals surface area (Å²) in [6.45, 7) is 0. The Kier molecular flexibility index (Phi) is 2.86. The van der Waals surface area contributed by atoms with Gasteiger partial charge >= 0.3 is 0 Å². The van der Waals surface area contributed by atoms with Gasteiger partial charge in [-0.1, -0.05) is 18.2 Å². The number of benzene rings is 1. The lowest BCUT2D eigenvalue weighted by Gasteiger charge is -2.30. The highest BCUT2D eigenvalue weighted by atomic mass is 16.2. The summed E-state index contributed by atoms with van der Waals surface area (Å²) in [6, 6.07) is 9.89. The zero-order chi connectivity index (χ0) is 12.7. The van der Waals surface area contributed by atoms with Crippen LogP contribution in [0, 0.1) is 17.8 Å². The van der Waals surface area contributed by atoms with E-state index in [0.717, 1.165) is 12.1 Å². The maximum Gasteiger partial charge on any atom is 0.231 e. The number of nitrogens with two attached hydrogens (primary N) is 1. The van der Waals surface area contributed by atoms with Crippen LogP contribution in [0.4, 0.5) is 5.69 Å². The fourth-order valence-corrected chi connectivity index (χ4v) is 3.70. The fraction of sp³-hybridized carbons (Fsp3) is 0.533. The van der Waals surface area contributed by atoms with Gasteiger partial charge in [-0.3, -0.25) is 4.79 Å². The van der Waals surface area contributed by atoms with Crippen LogP contribution in [-0.2, 0) is 4.79 Å². The molecule has 2 aliphatic carbocycles. The van der Waals surface area contributed by atoms with E-state index in [-0.39, 0.29) is 17.9 Å². The van der Waals surface area contributed by atoms with Crippen LogP contribution in [0.3, 0.4) is 0 Å². The molecule has 2 bridgehead atoms. The van der Waals surface area contributed by atoms with E-state index in [0.29, 0.717) is 11.8 Å². The monoisotopic (exact) mass is 244 g/mol. The number of hydrogen-bond donors (Lipinski definition) is 1. The summed E-state index contributed by atoms with van der Waals surface area (Å²) in [7, 11) is 1.86. The Hall–Kier alpha value is -1.35. The number of amides is 1. The molecule has 2 N–H and O–H groups in total. The number of hydrogen-bond acceptors (Lipinski definition) is 2. The minimum absolute atomic E-state index is 0.0361. The zero-order valence-electron chi connectivity index (χ0n) is 10.8. The first kappa shape index (κ1) is 11.7. The van der Waals surface area contributed by atoms with Gasteiger partial charge in [-0.05, 0) is 43.2 Å². The molecule has 1 amide bonds. The highest BCUT2D eigenvalue weighted by molar-refractivity contribution is 5.95. The van der Waals surface area contributed by atoms with Crippen LogP contribution in [0.2, 0.25) is 0 Å². The molecule has 4 atom stereocenters. The van der Waals surface area contributed by atoms with Crippen molar-refractivity contribution < 1.29 is 4.79 Å². The lowest BCUT2D eigenvalue weighted by molar-refractivity contribution is -0.124. The number of anilines is 1. The van der Waals surface area contributed by atoms with Gasteiger partial charge in [0, 0.05) is 18.8 Å². The lowest BCUT2D eigenvalue weighted by atomic mass is 9.84. The smallest absolute Gasteiger partial charge is 0.231 e. The maximum atomic E-state index is 12.6. The Morgan fingerprint density at radius 3 is 2.50 bits per heavy atom. The van der Waals surface area contributed by atoms with Gasteiger partial charge in [0.05, 0.1) is 5.92 Å². The van der Waals surface area contributed by atoms with Crippen LogP contribution in [0.1, 0.15) is 19.3 Å². The molecule has 3 rings (SSSR count). The van der Waals surface area contributed by atoms with Crippen LogP contribution in [-0.4, -0.2) is 19.0 Å². The third kappa shape index (κ3) is 1.74. The largest absolute Gasteiger partial charge is 0.327 e. The second-order valence-corrected chi connectivity index (χ2v) is 5.67. The highest BCUT2D eigenvalue weighted by Gasteiger charge is 2.49. The summed E-state index contributed by atoms with van der Waals surface area (Å²) < 4.78 is 0. The van der Waals surface area contributed by atoms with Crippen LogP contribution in [0.15, 0.2) is 30.3 Å². The van der Waals surface area contributed by atoms with Crippen molar-refractivity contribution in [1.29, 1.82) is 0 Å². The Morgan fingerprint density at radius 1 is 1.22 bits per heavy atom. The number of carbonyl (C=O) groups excluding carboxylic acids is 1. The molecule has 1 aromatic carbocycles. The van der Waals surface area contributed by atoms with E-state index in [1.165, 1.54) is 12.8 Å². The quantitative estimate of drug-likeness (QED) is 0.865. The van der Waals surface area contributed by atoms with Gasteiger partial charge in [-0.2, -0.15) is 0 Å². The van der Waals surface area contributed by atoms with Gasteiger partial charge in [0.15, 0.2) is 0 Å². The van der Waals surface area contributed by atoms with Crippen molar-refractivity contribution in [3.05, 3.63) is 30.3 Å². The van der Waals surface area contributed by atoms with Crippen LogP contribution in [0.5, 0.6) is 0 Å². The first-order valence-electron chi connectivity index (χ1n) is 6.76. The van der Waals surface area contributed by atoms with Crippen molar-refractivity contribution in [3.8, 4) is 0 Å². The van der Waals surface area contributed by atoms with Crippen LogP contribution < -0.4 is 10.6 Å². The summed E-state index contributed by atoms with van der Waals surface area (Å²) in [5.41, 5.74) is 7.19. The van der Waals surface area contributed by atoms with E-state index >= 15 is 0 Å². The average molecular weight is 244 g/mol. The minimum Gasteiger partial charge on any atom is -0.327 e. The van der Waals surface area contributed by atoms with E-state index in [2.05, 4.69) is 0 Å². The third-order valence-electron chi connectivity index (χ3n) is 4.74. The molecule has 2 saturated carbocycles. The Bertz CT molecular complexity index is 443. The van der Waals surface area contributed by atoms with Gasteiger partial charge in [-0.15, -0.1) is 0 Å². The summed E-state index contributed by atoms with van der Waals surface area (Å²) in [6.07, 6.45) is 3.54. The van der Waals surface area contributed by atoms with Crippen molar-refractivity contribution in [2.75, 3.05) is 11.9 Å². The number of carbonyl (C=O) groups is 1. The minimum atomic E-state index is 0.0361. The summed E-state index contributed by atoms with van der Waals surface area (Å²) in [5.74, 6) is 1.33. The van der Waals surface area contributed by atoms with E-state index in [9.17, 15) is 4.79 Å². The second kappa shape index (κ2) is 4.39. The van der Waals surface area contributed by atoms with E-state index in [1.807, 2.05) is 37.4 Å². The molecule has 96 valence electrons. The predicted molar refractivity (Wildman–Crippen MR) is 72.1 cm³/mol. The van der Waals surface area contributed by atoms with Crippen molar-refractivity contribution >= 4 is 11.6 Å². The van der Waals surface area contributed by atoms with Gasteiger partial charge in [0.1, 0.15) is 0 Å². The molecule has 0 aliphatic heterocycles. The number of fused-ring (bicyclic) bond motifs is 2. The van der Waals surface area contributed by atoms with E-state index in [1.54, 1.807) is 4.90 Å². The molecular formula is C15H20N2O. The molecule has 3 nitrogen and oxygen atoms in total. The normalized spacial score (nSPS) is 33.7. The predicted octanol–water partition coefficient (Wildman–Crippen LogP) is 2.02. The summed E-state index contributed by atoms with van der Waals surface area (Å²) >= 11 is 0. The topological polar surface area (TPSA) is 46.3 Å². The van der Waals surface area contributed by atoms with Gasteiger partial charge in [0.25, 0.3) is 0 Å². The molecule has 0 saturated heterocycles. The fourth-order valence-electron chi connectivity index (χ4n) is 3.70. The van der Waals surface area contributed by atoms with Crippen LogP contribution in [0.25, 0.3) is 0 Å². The lowest BCUT2D eigenvalue weighted by Crippen LogP contribution is -2.46. The Morgan fingerprint density at radius 2 is 1.89 bits per heavy atom. The Labute approximate surface area is 108 Å². The zero-order valence-corrected chi connectivity index (χ0v) is 10.8. The first-order chi connectivity index (χ1) is 8.68. The molecule has 4 unspecified atom stereocenters. The molecule has 0 radical (unpaired) electrons. The SMILES string of the molecule is CN(C(=O)C1C2CCC(C2)C1N)c1ccccc1. The van der Waals surface area contributed by atoms with Crippen molar-refractivity contribution in [2.24, 2.45) is 23.5 Å². The molecule has 2 fully saturated rings. The number of rotatable bonds is 2. The van der Waals surface area contributed by atoms with Crippen molar-refractivity contribution in [3.63, 3.8) is 0 Å². The van der Waals surface area contributed by atoms with Crippen molar-refractivity contribution in [2.45, 2.75) is 25.3 Å². The van der Waals surface area contributed by atoms with Crippen LogP contribution >= 0.6 is 0 Å². The maximum absolute atomic E-state index is 12.6. The molecular weight excluding hydrogens is 224 g/mol. The number of nitrogens with zero attached hydrogens (tertiary/aromatic N) is 1. The Balaban J connectivity index is 1.79.